The number of hydrogen-bond acceptors (Lipinski definition) is 3. The maximum Gasteiger partial charge on any atom is 0.240 e. The van der Waals surface area contributed by atoms with E-state index in [2.05, 4.69) is 10.6 Å². The Morgan fingerprint density at radius 1 is 0.852 bits per heavy atom. The van der Waals surface area contributed by atoms with E-state index in [0.29, 0.717) is 5.75 Å². The van der Waals surface area contributed by atoms with Gasteiger partial charge in [0.1, 0.15) is 12.4 Å². The van der Waals surface area contributed by atoms with E-state index < -0.39 is 10.0 Å². The van der Waals surface area contributed by atoms with E-state index in [9.17, 15) is 8.42 Å². The molecule has 27 heavy (non-hydrogen) atoms. The van der Waals surface area contributed by atoms with Crippen molar-refractivity contribution >= 4 is 10.0 Å². The Balaban J connectivity index is 1.69. The van der Waals surface area contributed by atoms with Crippen molar-refractivity contribution in [3.63, 3.8) is 0 Å². The first-order valence-corrected chi connectivity index (χ1v) is 9.87. The standard InChI is InChI=1S/C22H19NO3S/c1-2-16-26-21-12-8-19(9-13-21)20-10-14-22(15-11-20)27(24,25)23-17-18-6-4-3-5-7-18/h1,3-15,23H,16-17H2. The Bertz CT molecular complexity index is 1020. The molecule has 1 N–H and O–H groups in total. The van der Waals surface area contributed by atoms with Gasteiger partial charge in [-0.25, -0.2) is 13.1 Å². The van der Waals surface area contributed by atoms with Gasteiger partial charge in [-0.2, -0.15) is 0 Å². The van der Waals surface area contributed by atoms with Crippen LogP contribution >= 0.6 is 0 Å². The third-order valence-electron chi connectivity index (χ3n) is 3.98. The third kappa shape index (κ3) is 4.98. The lowest BCUT2D eigenvalue weighted by molar-refractivity contribution is 0.370. The lowest BCUT2D eigenvalue weighted by Gasteiger charge is -2.09. The summed E-state index contributed by atoms with van der Waals surface area (Å²) in [7, 11) is -3.56. The second-order valence-corrected chi connectivity index (χ2v) is 7.62. The first-order chi connectivity index (χ1) is 13.1. The van der Waals surface area contributed by atoms with Crippen molar-refractivity contribution in [2.24, 2.45) is 0 Å². The molecule has 0 saturated heterocycles. The predicted molar refractivity (Wildman–Crippen MR) is 107 cm³/mol. The van der Waals surface area contributed by atoms with Gasteiger partial charge < -0.3 is 4.74 Å². The van der Waals surface area contributed by atoms with Gasteiger partial charge in [0.2, 0.25) is 10.0 Å². The molecule has 4 nitrogen and oxygen atoms in total. The van der Waals surface area contributed by atoms with E-state index in [-0.39, 0.29) is 18.0 Å². The Kier molecular flexibility index (Phi) is 5.92. The fraction of sp³-hybridized carbons (Fsp3) is 0.0909. The molecular formula is C22H19NO3S. The average molecular weight is 377 g/mol. The Morgan fingerprint density at radius 3 is 2.04 bits per heavy atom. The fourth-order valence-corrected chi connectivity index (χ4v) is 3.57. The molecule has 0 aliphatic heterocycles. The number of benzene rings is 3. The van der Waals surface area contributed by atoms with Crippen molar-refractivity contribution in [3.05, 3.63) is 84.4 Å². The van der Waals surface area contributed by atoms with Gasteiger partial charge in [0, 0.05) is 6.54 Å². The summed E-state index contributed by atoms with van der Waals surface area (Å²) in [5.74, 6) is 3.11. The molecule has 0 atom stereocenters. The van der Waals surface area contributed by atoms with Crippen molar-refractivity contribution in [1.29, 1.82) is 0 Å². The Labute approximate surface area is 159 Å². The molecule has 3 rings (SSSR count). The molecule has 3 aromatic carbocycles. The van der Waals surface area contributed by atoms with Gasteiger partial charge in [-0.15, -0.1) is 6.42 Å². The van der Waals surface area contributed by atoms with Crippen molar-refractivity contribution in [3.8, 4) is 29.2 Å². The molecule has 5 heteroatoms. The van der Waals surface area contributed by atoms with Crippen LogP contribution in [0.3, 0.4) is 0 Å². The minimum absolute atomic E-state index is 0.224. The van der Waals surface area contributed by atoms with Crippen LogP contribution in [-0.2, 0) is 16.6 Å². The first-order valence-electron chi connectivity index (χ1n) is 8.39. The number of ether oxygens (including phenoxy) is 1. The van der Waals surface area contributed by atoms with Gasteiger partial charge in [-0.1, -0.05) is 60.5 Å². The smallest absolute Gasteiger partial charge is 0.240 e. The molecule has 0 heterocycles. The zero-order chi connectivity index (χ0) is 19.1. The molecule has 136 valence electrons. The molecule has 0 aliphatic carbocycles. The van der Waals surface area contributed by atoms with E-state index >= 15 is 0 Å². The maximum atomic E-state index is 12.5. The van der Waals surface area contributed by atoms with Gasteiger partial charge in [0.05, 0.1) is 4.90 Å². The fourth-order valence-electron chi connectivity index (χ4n) is 2.55. The van der Waals surface area contributed by atoms with E-state index in [4.69, 9.17) is 11.2 Å². The summed E-state index contributed by atoms with van der Waals surface area (Å²) in [6.45, 7) is 0.478. The van der Waals surface area contributed by atoms with Gasteiger partial charge in [0.15, 0.2) is 0 Å². The Morgan fingerprint density at radius 2 is 1.44 bits per heavy atom. The van der Waals surface area contributed by atoms with Crippen LogP contribution in [0, 0.1) is 12.3 Å². The van der Waals surface area contributed by atoms with Crippen LogP contribution in [0.4, 0.5) is 0 Å². The maximum absolute atomic E-state index is 12.5. The largest absolute Gasteiger partial charge is 0.481 e. The van der Waals surface area contributed by atoms with Gasteiger partial charge >= 0.3 is 0 Å². The molecule has 0 bridgehead atoms. The van der Waals surface area contributed by atoms with Crippen LogP contribution in [0.5, 0.6) is 5.75 Å². The van der Waals surface area contributed by atoms with E-state index in [1.807, 2.05) is 54.6 Å². The number of terminal acetylenes is 1. The quantitative estimate of drug-likeness (QED) is 0.637. The molecule has 0 unspecified atom stereocenters. The number of nitrogens with one attached hydrogen (secondary N) is 1. The predicted octanol–water partition coefficient (Wildman–Crippen LogP) is 3.84. The monoisotopic (exact) mass is 377 g/mol. The summed E-state index contributed by atoms with van der Waals surface area (Å²) in [5.41, 5.74) is 2.79. The lowest BCUT2D eigenvalue weighted by atomic mass is 10.1. The van der Waals surface area contributed by atoms with Crippen molar-refractivity contribution in [1.82, 2.24) is 4.72 Å². The summed E-state index contributed by atoms with van der Waals surface area (Å²) < 4.78 is 32.9. The van der Waals surface area contributed by atoms with Crippen molar-refractivity contribution in [2.45, 2.75) is 11.4 Å². The first kappa shape index (κ1) is 18.7. The van der Waals surface area contributed by atoms with Crippen molar-refractivity contribution in [2.75, 3.05) is 6.61 Å². The lowest BCUT2D eigenvalue weighted by Crippen LogP contribution is -2.23. The van der Waals surface area contributed by atoms with E-state index in [1.54, 1.807) is 24.3 Å². The molecule has 0 aromatic heterocycles. The highest BCUT2D eigenvalue weighted by atomic mass is 32.2. The zero-order valence-corrected chi connectivity index (χ0v) is 15.4. The highest BCUT2D eigenvalue weighted by Gasteiger charge is 2.13. The van der Waals surface area contributed by atoms with Crippen LogP contribution in [0.2, 0.25) is 0 Å². The highest BCUT2D eigenvalue weighted by molar-refractivity contribution is 7.89. The second-order valence-electron chi connectivity index (χ2n) is 5.85. The van der Waals surface area contributed by atoms with Gasteiger partial charge in [-0.05, 0) is 41.0 Å². The molecule has 0 spiro atoms. The average Bonchev–Trinajstić information content (AvgIpc) is 2.72. The van der Waals surface area contributed by atoms with Crippen LogP contribution in [0.25, 0.3) is 11.1 Å². The molecule has 3 aromatic rings. The molecule has 0 saturated carbocycles. The molecule has 0 radical (unpaired) electrons. The van der Waals surface area contributed by atoms with Crippen LogP contribution in [-0.4, -0.2) is 15.0 Å². The third-order valence-corrected chi connectivity index (χ3v) is 5.40. The summed E-state index contributed by atoms with van der Waals surface area (Å²) in [5, 5.41) is 0. The minimum atomic E-state index is -3.56. The van der Waals surface area contributed by atoms with E-state index in [1.165, 1.54) is 0 Å². The number of hydrogen-bond donors (Lipinski definition) is 1. The molecule has 0 fully saturated rings. The van der Waals surface area contributed by atoms with Crippen molar-refractivity contribution < 1.29 is 13.2 Å². The zero-order valence-electron chi connectivity index (χ0n) is 14.6. The van der Waals surface area contributed by atoms with Crippen LogP contribution in [0.1, 0.15) is 5.56 Å². The SMILES string of the molecule is C#CCOc1ccc(-c2ccc(S(=O)(=O)NCc3ccccc3)cc2)cc1. The highest BCUT2D eigenvalue weighted by Crippen LogP contribution is 2.24. The topological polar surface area (TPSA) is 55.4 Å². The summed E-state index contributed by atoms with van der Waals surface area (Å²) in [4.78, 5) is 0.233. The minimum Gasteiger partial charge on any atom is -0.481 e. The van der Waals surface area contributed by atoms with Gasteiger partial charge in [0.25, 0.3) is 0 Å². The molecular weight excluding hydrogens is 358 g/mol. The summed E-state index contributed by atoms with van der Waals surface area (Å²) >= 11 is 0. The summed E-state index contributed by atoms with van der Waals surface area (Å²) in [6, 6.07) is 23.7. The molecule has 0 aliphatic rings. The van der Waals surface area contributed by atoms with E-state index in [0.717, 1.165) is 16.7 Å². The normalized spacial score (nSPS) is 10.9. The number of rotatable bonds is 7. The van der Waals surface area contributed by atoms with Crippen LogP contribution < -0.4 is 9.46 Å². The number of sulfonamides is 1. The summed E-state index contributed by atoms with van der Waals surface area (Å²) in [6.07, 6.45) is 5.17. The van der Waals surface area contributed by atoms with Crippen LogP contribution in [0.15, 0.2) is 83.8 Å². The second kappa shape index (κ2) is 8.54. The Hall–Kier alpha value is -3.07. The van der Waals surface area contributed by atoms with Gasteiger partial charge in [-0.3, -0.25) is 0 Å². The molecule has 0 amide bonds.